The van der Waals surface area contributed by atoms with Crippen molar-refractivity contribution in [1.29, 1.82) is 0 Å². The minimum Gasteiger partial charge on any atom is -0.378 e. The van der Waals surface area contributed by atoms with Gasteiger partial charge in [-0.15, -0.1) is 0 Å². The number of carbonyl (C=O) groups is 3. The molecule has 2 fully saturated rings. The van der Waals surface area contributed by atoms with Gasteiger partial charge in [0.15, 0.2) is 0 Å². The fourth-order valence-corrected chi connectivity index (χ4v) is 8.89. The number of thiazole rings is 1. The first-order valence-corrected chi connectivity index (χ1v) is 16.2. The van der Waals surface area contributed by atoms with E-state index >= 15 is 0 Å². The fourth-order valence-electron chi connectivity index (χ4n) is 6.12. The first-order chi connectivity index (χ1) is 21.2. The molecule has 6 rings (SSSR count). The summed E-state index contributed by atoms with van der Waals surface area (Å²) >= 11 is 2.15. The molecule has 0 N–H and O–H groups in total. The van der Waals surface area contributed by atoms with E-state index in [4.69, 9.17) is 4.74 Å². The van der Waals surface area contributed by atoms with Gasteiger partial charge in [-0.05, 0) is 43.7 Å². The highest BCUT2D eigenvalue weighted by atomic mass is 32.2. The highest BCUT2D eigenvalue weighted by Crippen LogP contribution is 2.54. The summed E-state index contributed by atoms with van der Waals surface area (Å²) in [5.74, 6) is -2.50. The summed E-state index contributed by atoms with van der Waals surface area (Å²) in [7, 11) is 0. The Morgan fingerprint density at radius 1 is 1.00 bits per heavy atom. The molecule has 230 valence electrons. The minimum atomic E-state index is -0.851. The van der Waals surface area contributed by atoms with Gasteiger partial charge >= 0.3 is 4.87 Å². The van der Waals surface area contributed by atoms with Crippen LogP contribution in [0.25, 0.3) is 0 Å². The molecule has 3 aliphatic heterocycles. The average molecular weight is 638 g/mol. The monoisotopic (exact) mass is 637 g/mol. The van der Waals surface area contributed by atoms with Crippen LogP contribution in [-0.2, 0) is 25.7 Å². The maximum atomic E-state index is 14.1. The molecule has 0 saturated carbocycles. The predicted molar refractivity (Wildman–Crippen MR) is 167 cm³/mol. The number of hydrogen-bond donors (Lipinski definition) is 0. The molecule has 0 aliphatic carbocycles. The maximum Gasteiger partial charge on any atom is 0.308 e. The molecule has 3 amide bonds. The van der Waals surface area contributed by atoms with Crippen molar-refractivity contribution in [3.05, 3.63) is 78.8 Å². The Bertz CT molecular complexity index is 1660. The zero-order valence-corrected chi connectivity index (χ0v) is 25.8. The van der Waals surface area contributed by atoms with Crippen molar-refractivity contribution in [3.63, 3.8) is 0 Å². The van der Waals surface area contributed by atoms with Gasteiger partial charge in [0.25, 0.3) is 5.69 Å². The van der Waals surface area contributed by atoms with Gasteiger partial charge in [-0.25, -0.2) is 4.90 Å². The standard InChI is InChI=1S/C30H31N5O7S2/c1-3-31(4-2)19-7-5-18(6-8-19)23-24-25(28(38)34(27(24)37)20-9-11-21(12-10-20)35(40)41)43-29-26(23)44-30(39)33(29)17-22(36)32-13-15-42-16-14-32/h5-12,23-25H,3-4,13-17H2,1-2H3/t23-,24?,25?/m1/s1. The van der Waals surface area contributed by atoms with Gasteiger partial charge in [-0.2, -0.15) is 0 Å². The van der Waals surface area contributed by atoms with E-state index in [0.29, 0.717) is 36.2 Å². The molecule has 2 saturated heterocycles. The zero-order chi connectivity index (χ0) is 31.1. The molecular weight excluding hydrogens is 606 g/mol. The molecule has 14 heteroatoms. The summed E-state index contributed by atoms with van der Waals surface area (Å²) < 4.78 is 6.79. The average Bonchev–Trinajstić information content (AvgIpc) is 3.48. The molecule has 12 nitrogen and oxygen atoms in total. The van der Waals surface area contributed by atoms with Gasteiger partial charge in [-0.3, -0.25) is 33.9 Å². The van der Waals surface area contributed by atoms with Crippen LogP contribution in [-0.4, -0.2) is 76.8 Å². The van der Waals surface area contributed by atoms with Crippen LogP contribution in [0.2, 0.25) is 0 Å². The summed E-state index contributed by atoms with van der Waals surface area (Å²) in [6.07, 6.45) is 0. The predicted octanol–water partition coefficient (Wildman–Crippen LogP) is 3.32. The number of aromatic nitrogens is 1. The van der Waals surface area contributed by atoms with Gasteiger partial charge in [0.05, 0.1) is 34.8 Å². The van der Waals surface area contributed by atoms with E-state index in [2.05, 4.69) is 18.7 Å². The molecule has 3 aromatic rings. The van der Waals surface area contributed by atoms with Crippen molar-refractivity contribution in [2.45, 2.75) is 36.6 Å². The number of carbonyl (C=O) groups excluding carboxylic acids is 3. The van der Waals surface area contributed by atoms with E-state index in [1.165, 1.54) is 28.8 Å². The lowest BCUT2D eigenvalue weighted by atomic mass is 9.83. The van der Waals surface area contributed by atoms with Crippen LogP contribution < -0.4 is 14.7 Å². The first kappa shape index (κ1) is 30.0. The quantitative estimate of drug-likeness (QED) is 0.207. The Balaban J connectivity index is 1.42. The molecule has 3 aliphatic rings. The third-order valence-corrected chi connectivity index (χ3v) is 11.0. The Labute approximate surface area is 261 Å². The summed E-state index contributed by atoms with van der Waals surface area (Å²) in [4.78, 5) is 70.6. The summed E-state index contributed by atoms with van der Waals surface area (Å²) in [5.41, 5.74) is 1.90. The number of nitro benzene ring substituents is 1. The number of fused-ring (bicyclic) bond motifs is 2. The van der Waals surface area contributed by atoms with Crippen LogP contribution in [0, 0.1) is 16.0 Å². The molecule has 4 heterocycles. The van der Waals surface area contributed by atoms with Gasteiger partial charge < -0.3 is 14.5 Å². The number of imide groups is 1. The number of morpholine rings is 1. The molecule has 2 aromatic carbocycles. The molecular formula is C30H31N5O7S2. The topological polar surface area (TPSA) is 135 Å². The zero-order valence-electron chi connectivity index (χ0n) is 24.2. The van der Waals surface area contributed by atoms with E-state index in [-0.39, 0.29) is 28.7 Å². The summed E-state index contributed by atoms with van der Waals surface area (Å²) in [6, 6.07) is 13.2. The number of ether oxygens (including phenoxy) is 1. The Morgan fingerprint density at radius 3 is 2.27 bits per heavy atom. The highest BCUT2D eigenvalue weighted by molar-refractivity contribution is 8.00. The first-order valence-electron chi connectivity index (χ1n) is 14.5. The molecule has 3 atom stereocenters. The van der Waals surface area contributed by atoms with Gasteiger partial charge in [0.2, 0.25) is 17.7 Å². The van der Waals surface area contributed by atoms with Crippen molar-refractivity contribution >= 4 is 57.9 Å². The highest BCUT2D eigenvalue weighted by Gasteiger charge is 2.57. The van der Waals surface area contributed by atoms with Gasteiger partial charge in [0, 0.05) is 54.8 Å². The van der Waals surface area contributed by atoms with E-state index in [1.807, 2.05) is 24.3 Å². The molecule has 0 bridgehead atoms. The number of thioether (sulfide) groups is 1. The van der Waals surface area contributed by atoms with Crippen molar-refractivity contribution in [2.24, 2.45) is 5.92 Å². The number of nitro groups is 1. The normalized spacial score (nSPS) is 21.3. The SMILES string of the molecule is CCN(CC)c1ccc([C@H]2c3sc(=O)n(CC(=O)N4CCOCC4)c3SC3C(=O)N(c4ccc([N+](=O)[O-])cc4)C(=O)C32)cc1. The Morgan fingerprint density at radius 2 is 1.66 bits per heavy atom. The lowest BCUT2D eigenvalue weighted by Gasteiger charge is -2.31. The van der Waals surface area contributed by atoms with E-state index in [0.717, 1.165) is 52.3 Å². The van der Waals surface area contributed by atoms with E-state index < -0.39 is 33.8 Å². The minimum absolute atomic E-state index is 0.151. The molecule has 2 unspecified atom stereocenters. The van der Waals surface area contributed by atoms with Crippen molar-refractivity contribution in [2.75, 3.05) is 49.2 Å². The number of anilines is 2. The van der Waals surface area contributed by atoms with E-state index in [9.17, 15) is 29.3 Å². The number of non-ortho nitro benzene ring substituents is 1. The largest absolute Gasteiger partial charge is 0.378 e. The Kier molecular flexibility index (Phi) is 8.31. The van der Waals surface area contributed by atoms with E-state index in [1.54, 1.807) is 4.90 Å². The van der Waals surface area contributed by atoms with Crippen LogP contribution in [0.3, 0.4) is 0 Å². The van der Waals surface area contributed by atoms with Crippen molar-refractivity contribution in [1.82, 2.24) is 9.47 Å². The number of hydrogen-bond acceptors (Lipinski definition) is 10. The second-order valence-electron chi connectivity index (χ2n) is 10.7. The molecule has 0 spiro atoms. The number of rotatable bonds is 8. The number of amides is 3. The van der Waals surface area contributed by atoms with Crippen molar-refractivity contribution < 1.29 is 24.0 Å². The fraction of sp³-hybridized carbons (Fsp3) is 0.400. The third kappa shape index (κ3) is 5.20. The Hall–Kier alpha value is -4.01. The van der Waals surface area contributed by atoms with Crippen LogP contribution in [0.5, 0.6) is 0 Å². The van der Waals surface area contributed by atoms with Crippen LogP contribution in [0.4, 0.5) is 17.1 Å². The summed E-state index contributed by atoms with van der Waals surface area (Å²) in [6.45, 7) is 7.36. The second-order valence-corrected chi connectivity index (χ2v) is 12.8. The summed E-state index contributed by atoms with van der Waals surface area (Å²) in [5, 5.41) is 10.9. The maximum absolute atomic E-state index is 14.1. The molecule has 44 heavy (non-hydrogen) atoms. The lowest BCUT2D eigenvalue weighted by Crippen LogP contribution is -2.43. The molecule has 1 aromatic heterocycles. The van der Waals surface area contributed by atoms with Gasteiger partial charge in [-0.1, -0.05) is 35.2 Å². The number of benzene rings is 2. The lowest BCUT2D eigenvalue weighted by molar-refractivity contribution is -0.384. The van der Waals surface area contributed by atoms with Gasteiger partial charge in [0.1, 0.15) is 11.8 Å². The van der Waals surface area contributed by atoms with Crippen molar-refractivity contribution in [3.8, 4) is 0 Å². The molecule has 0 radical (unpaired) electrons. The second kappa shape index (κ2) is 12.2. The van der Waals surface area contributed by atoms with Crippen LogP contribution >= 0.6 is 23.1 Å². The van der Waals surface area contributed by atoms with Crippen LogP contribution in [0.15, 0.2) is 58.4 Å². The van der Waals surface area contributed by atoms with Crippen LogP contribution in [0.1, 0.15) is 30.2 Å². The third-order valence-electron chi connectivity index (χ3n) is 8.41. The number of nitrogens with zero attached hydrogens (tertiary/aromatic N) is 5. The smallest absolute Gasteiger partial charge is 0.308 e.